The van der Waals surface area contributed by atoms with Gasteiger partial charge < -0.3 is 10.1 Å². The van der Waals surface area contributed by atoms with Gasteiger partial charge >= 0.3 is 5.97 Å². The Morgan fingerprint density at radius 3 is 2.79 bits per heavy atom. The van der Waals surface area contributed by atoms with Crippen molar-refractivity contribution in [2.45, 2.75) is 26.8 Å². The molecule has 0 aliphatic rings. The Labute approximate surface area is 145 Å². The van der Waals surface area contributed by atoms with Crippen LogP contribution in [0.25, 0.3) is 0 Å². The number of anilines is 2. The Bertz CT molecular complexity index is 649. The smallest absolute Gasteiger partial charge is 0.307 e. The van der Waals surface area contributed by atoms with E-state index < -0.39 is 0 Å². The molecule has 0 unspecified atom stereocenters. The van der Waals surface area contributed by atoms with Crippen LogP contribution in [0.3, 0.4) is 0 Å². The topological polar surface area (TPSA) is 108 Å². The SMILES string of the molecule is CC.CO[NH2+]c1cnc(Cl)nc1Nc1cnn(CCC(=O)OC)c1. The summed E-state index contributed by atoms with van der Waals surface area (Å²) in [6.45, 7) is 4.43. The number of rotatable bonds is 7. The highest BCUT2D eigenvalue weighted by molar-refractivity contribution is 6.28. The van der Waals surface area contributed by atoms with Gasteiger partial charge in [-0.05, 0) is 11.6 Å². The second-order valence-electron chi connectivity index (χ2n) is 4.24. The van der Waals surface area contributed by atoms with Crippen molar-refractivity contribution in [1.29, 1.82) is 0 Å². The van der Waals surface area contributed by atoms with E-state index >= 15 is 0 Å². The number of carbonyl (C=O) groups excluding carboxylic acids is 1. The van der Waals surface area contributed by atoms with Crippen molar-refractivity contribution in [2.24, 2.45) is 0 Å². The molecule has 132 valence electrons. The van der Waals surface area contributed by atoms with Crippen molar-refractivity contribution in [3.05, 3.63) is 23.9 Å². The predicted octanol–water partition coefficient (Wildman–Crippen LogP) is 1.42. The second-order valence-corrected chi connectivity index (χ2v) is 4.58. The molecule has 0 aromatic carbocycles. The van der Waals surface area contributed by atoms with E-state index in [-0.39, 0.29) is 17.7 Å². The van der Waals surface area contributed by atoms with Crippen molar-refractivity contribution >= 4 is 34.8 Å². The number of esters is 1. The number of carbonyl (C=O) groups is 1. The Hall–Kier alpha value is -2.23. The van der Waals surface area contributed by atoms with Gasteiger partial charge in [-0.2, -0.15) is 15.6 Å². The number of quaternary nitrogens is 1. The Balaban J connectivity index is 0.00000139. The molecule has 2 heterocycles. The van der Waals surface area contributed by atoms with Gasteiger partial charge in [-0.25, -0.2) is 9.82 Å². The zero-order valence-electron chi connectivity index (χ0n) is 14.1. The first kappa shape index (κ1) is 19.8. The monoisotopic (exact) mass is 357 g/mol. The molecule has 0 atom stereocenters. The van der Waals surface area contributed by atoms with Crippen molar-refractivity contribution in [3.63, 3.8) is 0 Å². The van der Waals surface area contributed by atoms with Crippen molar-refractivity contribution in [3.8, 4) is 0 Å². The van der Waals surface area contributed by atoms with Crippen molar-refractivity contribution in [1.82, 2.24) is 19.7 Å². The molecule has 0 fully saturated rings. The van der Waals surface area contributed by atoms with Crippen LogP contribution in [0.1, 0.15) is 20.3 Å². The normalized spacial score (nSPS) is 9.88. The summed E-state index contributed by atoms with van der Waals surface area (Å²) in [4.78, 5) is 24.1. The lowest BCUT2D eigenvalue weighted by molar-refractivity contribution is -0.829. The largest absolute Gasteiger partial charge is 0.469 e. The summed E-state index contributed by atoms with van der Waals surface area (Å²) >= 11 is 5.80. The number of ether oxygens (including phenoxy) is 1. The van der Waals surface area contributed by atoms with Crippen LogP contribution in [0.5, 0.6) is 0 Å². The Morgan fingerprint density at radius 1 is 1.38 bits per heavy atom. The van der Waals surface area contributed by atoms with Crippen LogP contribution in [-0.2, 0) is 20.9 Å². The number of aromatic nitrogens is 4. The number of nitrogens with zero attached hydrogens (tertiary/aromatic N) is 4. The number of halogens is 1. The highest BCUT2D eigenvalue weighted by Gasteiger charge is 2.12. The van der Waals surface area contributed by atoms with Crippen LogP contribution >= 0.6 is 11.6 Å². The molecule has 2 aromatic heterocycles. The van der Waals surface area contributed by atoms with Gasteiger partial charge in [0, 0.05) is 6.20 Å². The molecule has 2 rings (SSSR count). The lowest BCUT2D eigenvalue weighted by Gasteiger charge is -2.05. The van der Waals surface area contributed by atoms with Crippen LogP contribution in [0.2, 0.25) is 5.28 Å². The average molecular weight is 358 g/mol. The molecule has 24 heavy (non-hydrogen) atoms. The van der Waals surface area contributed by atoms with Gasteiger partial charge in [0.2, 0.25) is 11.0 Å². The standard InChI is InChI=1S/C12H15ClN6O3.C2H6/c1-21-10(20)3-4-19-7-8(5-15-19)16-11-9(18-22-2)6-14-12(13)17-11;1-2/h5-7,18H,3-4H2,1-2H3,(H,14,16,17);1-2H3/p+1. The first-order valence-corrected chi connectivity index (χ1v) is 7.75. The second kappa shape index (κ2) is 10.5. The number of aryl methyl sites for hydroxylation is 1. The third-order valence-electron chi connectivity index (χ3n) is 2.70. The quantitative estimate of drug-likeness (QED) is 0.438. The minimum atomic E-state index is -0.287. The summed E-state index contributed by atoms with van der Waals surface area (Å²) in [6, 6.07) is 0. The maximum atomic E-state index is 11.1. The molecule has 9 nitrogen and oxygen atoms in total. The van der Waals surface area contributed by atoms with Gasteiger partial charge in [0.25, 0.3) is 0 Å². The molecular formula is C14H22ClN6O3+. The highest BCUT2D eigenvalue weighted by atomic mass is 35.5. The van der Waals surface area contributed by atoms with Gasteiger partial charge in [-0.15, -0.1) is 0 Å². The fourth-order valence-corrected chi connectivity index (χ4v) is 1.81. The number of methoxy groups -OCH3 is 1. The minimum Gasteiger partial charge on any atom is -0.469 e. The van der Waals surface area contributed by atoms with Crippen LogP contribution in [0.15, 0.2) is 18.6 Å². The maximum absolute atomic E-state index is 11.1. The Morgan fingerprint density at radius 2 is 2.12 bits per heavy atom. The number of nitrogens with two attached hydrogens (primary N) is 1. The highest BCUT2D eigenvalue weighted by Crippen LogP contribution is 2.20. The Kier molecular flexibility index (Phi) is 8.69. The predicted molar refractivity (Wildman–Crippen MR) is 89.1 cm³/mol. The molecule has 0 saturated heterocycles. The molecule has 10 heteroatoms. The molecule has 0 saturated carbocycles. The van der Waals surface area contributed by atoms with Crippen LogP contribution in [0.4, 0.5) is 17.2 Å². The molecule has 0 amide bonds. The molecule has 0 spiro atoms. The molecule has 3 N–H and O–H groups in total. The van der Waals surface area contributed by atoms with E-state index in [1.807, 2.05) is 13.8 Å². The number of nitrogens with one attached hydrogen (secondary N) is 1. The molecule has 0 bridgehead atoms. The van der Waals surface area contributed by atoms with E-state index in [0.29, 0.717) is 23.7 Å². The average Bonchev–Trinajstić information content (AvgIpc) is 3.04. The summed E-state index contributed by atoms with van der Waals surface area (Å²) in [7, 11) is 2.88. The van der Waals surface area contributed by atoms with Crippen LogP contribution in [-0.4, -0.2) is 39.9 Å². The van der Waals surface area contributed by atoms with E-state index in [9.17, 15) is 4.79 Å². The molecular weight excluding hydrogens is 336 g/mol. The number of hydrogen-bond donors (Lipinski definition) is 2. The zero-order chi connectivity index (χ0) is 17.9. The summed E-state index contributed by atoms with van der Waals surface area (Å²) in [5.74, 6) is 0.207. The van der Waals surface area contributed by atoms with Crippen molar-refractivity contribution < 1.29 is 19.8 Å². The van der Waals surface area contributed by atoms with Crippen LogP contribution < -0.4 is 10.8 Å². The third-order valence-corrected chi connectivity index (χ3v) is 2.88. The number of hydrogen-bond acceptors (Lipinski definition) is 7. The summed E-state index contributed by atoms with van der Waals surface area (Å²) < 4.78 is 6.21. The van der Waals surface area contributed by atoms with E-state index in [4.69, 9.17) is 16.4 Å². The fourth-order valence-electron chi connectivity index (χ4n) is 1.68. The minimum absolute atomic E-state index is 0.119. The summed E-state index contributed by atoms with van der Waals surface area (Å²) in [5, 5.41) is 7.34. The van der Waals surface area contributed by atoms with E-state index in [1.165, 1.54) is 19.7 Å². The van der Waals surface area contributed by atoms with Crippen molar-refractivity contribution in [2.75, 3.05) is 19.5 Å². The lowest BCUT2D eigenvalue weighted by Crippen LogP contribution is -2.76. The summed E-state index contributed by atoms with van der Waals surface area (Å²) in [6.07, 6.45) is 5.15. The first-order chi connectivity index (χ1) is 11.6. The van der Waals surface area contributed by atoms with Gasteiger partial charge in [0.15, 0.2) is 5.82 Å². The molecule has 0 radical (unpaired) electrons. The van der Waals surface area contributed by atoms with E-state index in [2.05, 4.69) is 25.1 Å². The first-order valence-electron chi connectivity index (χ1n) is 7.37. The van der Waals surface area contributed by atoms with E-state index in [0.717, 1.165) is 0 Å². The third kappa shape index (κ3) is 6.11. The molecule has 0 aliphatic carbocycles. The van der Waals surface area contributed by atoms with Crippen LogP contribution in [0, 0.1) is 0 Å². The molecule has 2 aromatic rings. The lowest BCUT2D eigenvalue weighted by atomic mass is 10.4. The van der Waals surface area contributed by atoms with Gasteiger partial charge in [0.1, 0.15) is 0 Å². The molecule has 0 aliphatic heterocycles. The maximum Gasteiger partial charge on any atom is 0.307 e. The fraction of sp³-hybridized carbons (Fsp3) is 0.429. The van der Waals surface area contributed by atoms with Gasteiger partial charge in [-0.3, -0.25) is 9.48 Å². The van der Waals surface area contributed by atoms with Gasteiger partial charge in [-0.1, -0.05) is 13.8 Å². The summed E-state index contributed by atoms with van der Waals surface area (Å²) in [5.41, 5.74) is 2.85. The zero-order valence-corrected chi connectivity index (χ0v) is 14.9. The van der Waals surface area contributed by atoms with Gasteiger partial charge in [0.05, 0.1) is 45.3 Å². The van der Waals surface area contributed by atoms with E-state index in [1.54, 1.807) is 23.3 Å².